The van der Waals surface area contributed by atoms with Gasteiger partial charge in [-0.3, -0.25) is 14.6 Å². The number of rotatable bonds is 5. The van der Waals surface area contributed by atoms with E-state index in [4.69, 9.17) is 9.72 Å². The SMILES string of the molecule is O=C(Nc1ccc(C(=O)c2ccc3ncc(N4CCOCC4)nc3c2)cc1)c1cccc(F)c1. The second-order valence-electron chi connectivity index (χ2n) is 7.90. The minimum Gasteiger partial charge on any atom is -0.378 e. The van der Waals surface area contributed by atoms with Gasteiger partial charge in [0.1, 0.15) is 11.6 Å². The number of nitrogens with zero attached hydrogens (tertiary/aromatic N) is 3. The fraction of sp³-hybridized carbons (Fsp3) is 0.154. The molecule has 1 aromatic heterocycles. The Kier molecular flexibility index (Phi) is 5.97. The third-order valence-corrected chi connectivity index (χ3v) is 5.62. The number of anilines is 2. The number of aromatic nitrogens is 2. The second-order valence-corrected chi connectivity index (χ2v) is 7.90. The smallest absolute Gasteiger partial charge is 0.255 e. The van der Waals surface area contributed by atoms with Crippen molar-refractivity contribution in [3.63, 3.8) is 0 Å². The molecule has 34 heavy (non-hydrogen) atoms. The van der Waals surface area contributed by atoms with E-state index in [-0.39, 0.29) is 11.3 Å². The summed E-state index contributed by atoms with van der Waals surface area (Å²) in [5, 5.41) is 2.70. The number of ketones is 1. The van der Waals surface area contributed by atoms with Gasteiger partial charge in [-0.1, -0.05) is 6.07 Å². The zero-order valence-electron chi connectivity index (χ0n) is 18.2. The van der Waals surface area contributed by atoms with E-state index in [0.717, 1.165) is 18.9 Å². The standard InChI is InChI=1S/C26H21FN4O3/c27-20-3-1-2-19(14-20)26(33)29-21-7-4-17(5-8-21)25(32)18-6-9-22-23(15-18)30-24(16-28-22)31-10-12-34-13-11-31/h1-9,14-16H,10-13H2,(H,29,33). The molecule has 8 heteroatoms. The lowest BCUT2D eigenvalue weighted by atomic mass is 10.0. The number of carbonyl (C=O) groups is 2. The maximum Gasteiger partial charge on any atom is 0.255 e. The van der Waals surface area contributed by atoms with Crippen molar-refractivity contribution in [3.05, 3.63) is 95.4 Å². The van der Waals surface area contributed by atoms with E-state index in [2.05, 4.69) is 15.2 Å². The maximum atomic E-state index is 13.4. The summed E-state index contributed by atoms with van der Waals surface area (Å²) in [6, 6.07) is 17.3. The van der Waals surface area contributed by atoms with Crippen LogP contribution in [0.15, 0.2) is 72.9 Å². The predicted octanol–water partition coefficient (Wildman–Crippen LogP) is 4.09. The fourth-order valence-corrected chi connectivity index (χ4v) is 3.79. The molecule has 0 radical (unpaired) electrons. The summed E-state index contributed by atoms with van der Waals surface area (Å²) in [5.41, 5.74) is 3.05. The number of nitrogens with one attached hydrogen (secondary N) is 1. The summed E-state index contributed by atoms with van der Waals surface area (Å²) in [6.45, 7) is 2.80. The molecule has 7 nitrogen and oxygen atoms in total. The molecule has 170 valence electrons. The van der Waals surface area contributed by atoms with Crippen molar-refractivity contribution in [2.75, 3.05) is 36.5 Å². The minimum atomic E-state index is -0.481. The van der Waals surface area contributed by atoms with Crippen LogP contribution < -0.4 is 10.2 Å². The largest absolute Gasteiger partial charge is 0.378 e. The highest BCUT2D eigenvalue weighted by Crippen LogP contribution is 2.21. The van der Waals surface area contributed by atoms with Crippen LogP contribution in [0.1, 0.15) is 26.3 Å². The van der Waals surface area contributed by atoms with Crippen LogP contribution >= 0.6 is 0 Å². The van der Waals surface area contributed by atoms with Crippen LogP contribution in [0.5, 0.6) is 0 Å². The lowest BCUT2D eigenvalue weighted by Crippen LogP contribution is -2.36. The van der Waals surface area contributed by atoms with Gasteiger partial charge >= 0.3 is 0 Å². The molecule has 1 aliphatic heterocycles. The zero-order chi connectivity index (χ0) is 23.5. The lowest BCUT2D eigenvalue weighted by Gasteiger charge is -2.27. The molecular weight excluding hydrogens is 435 g/mol. The van der Waals surface area contributed by atoms with Crippen LogP contribution in [0.2, 0.25) is 0 Å². The average molecular weight is 456 g/mol. The van der Waals surface area contributed by atoms with Crippen LogP contribution in [0.3, 0.4) is 0 Å². The molecular formula is C26H21FN4O3. The highest BCUT2D eigenvalue weighted by atomic mass is 19.1. The van der Waals surface area contributed by atoms with Crippen LogP contribution in [0, 0.1) is 5.82 Å². The Hall–Kier alpha value is -4.17. The highest BCUT2D eigenvalue weighted by molar-refractivity contribution is 6.10. The number of carbonyl (C=O) groups excluding carboxylic acids is 2. The molecule has 0 spiro atoms. The van der Waals surface area contributed by atoms with Gasteiger partial charge in [0.15, 0.2) is 5.78 Å². The number of ether oxygens (including phenoxy) is 1. The van der Waals surface area contributed by atoms with Crippen LogP contribution in [-0.4, -0.2) is 48.0 Å². The molecule has 4 aromatic rings. The molecule has 3 aromatic carbocycles. The van der Waals surface area contributed by atoms with Gasteiger partial charge in [-0.15, -0.1) is 0 Å². The molecule has 0 unspecified atom stereocenters. The normalized spacial score (nSPS) is 13.6. The van der Waals surface area contributed by atoms with Crippen LogP contribution in [0.4, 0.5) is 15.9 Å². The third-order valence-electron chi connectivity index (χ3n) is 5.62. The van der Waals surface area contributed by atoms with Crippen molar-refractivity contribution >= 4 is 34.2 Å². The van der Waals surface area contributed by atoms with Crippen molar-refractivity contribution in [3.8, 4) is 0 Å². The summed E-state index contributed by atoms with van der Waals surface area (Å²) < 4.78 is 18.7. The van der Waals surface area contributed by atoms with Crippen molar-refractivity contribution < 1.29 is 18.7 Å². The molecule has 0 bridgehead atoms. The van der Waals surface area contributed by atoms with E-state index in [9.17, 15) is 14.0 Å². The van der Waals surface area contributed by atoms with Gasteiger partial charge in [0.05, 0.1) is 30.4 Å². The molecule has 5 rings (SSSR count). The van der Waals surface area contributed by atoms with Gasteiger partial charge < -0.3 is 15.0 Å². The maximum absolute atomic E-state index is 13.4. The fourth-order valence-electron chi connectivity index (χ4n) is 3.79. The first-order valence-electron chi connectivity index (χ1n) is 10.9. The molecule has 0 atom stereocenters. The number of benzene rings is 3. The number of hydrogen-bond acceptors (Lipinski definition) is 6. The van der Waals surface area contributed by atoms with Gasteiger partial charge in [0.2, 0.25) is 0 Å². The minimum absolute atomic E-state index is 0.163. The molecule has 1 saturated heterocycles. The molecule has 2 heterocycles. The molecule has 1 amide bonds. The van der Waals surface area contributed by atoms with E-state index in [0.29, 0.717) is 41.1 Å². The molecule has 1 fully saturated rings. The average Bonchev–Trinajstić information content (AvgIpc) is 2.88. The first-order valence-corrected chi connectivity index (χ1v) is 10.9. The Morgan fingerprint density at radius 2 is 1.65 bits per heavy atom. The third kappa shape index (κ3) is 4.62. The number of morpholine rings is 1. The zero-order valence-corrected chi connectivity index (χ0v) is 18.2. The van der Waals surface area contributed by atoms with Crippen molar-refractivity contribution in [2.45, 2.75) is 0 Å². The van der Waals surface area contributed by atoms with Crippen LogP contribution in [-0.2, 0) is 4.74 Å². The van der Waals surface area contributed by atoms with Gasteiger partial charge in [-0.25, -0.2) is 9.37 Å². The number of amides is 1. The van der Waals surface area contributed by atoms with E-state index >= 15 is 0 Å². The Morgan fingerprint density at radius 3 is 2.41 bits per heavy atom. The van der Waals surface area contributed by atoms with Crippen molar-refractivity contribution in [1.29, 1.82) is 0 Å². The monoisotopic (exact) mass is 456 g/mol. The lowest BCUT2D eigenvalue weighted by molar-refractivity contribution is 0.102. The van der Waals surface area contributed by atoms with Gasteiger partial charge in [0.25, 0.3) is 5.91 Å². The molecule has 1 aliphatic rings. The van der Waals surface area contributed by atoms with Crippen molar-refractivity contribution in [2.24, 2.45) is 0 Å². The predicted molar refractivity (Wildman–Crippen MR) is 127 cm³/mol. The van der Waals surface area contributed by atoms with Gasteiger partial charge in [-0.05, 0) is 60.7 Å². The van der Waals surface area contributed by atoms with E-state index in [1.54, 1.807) is 48.7 Å². The van der Waals surface area contributed by atoms with Gasteiger partial charge in [-0.2, -0.15) is 0 Å². The second kappa shape index (κ2) is 9.36. The number of halogens is 1. The Balaban J connectivity index is 1.33. The summed E-state index contributed by atoms with van der Waals surface area (Å²) in [5.74, 6) is -0.309. The van der Waals surface area contributed by atoms with E-state index in [1.807, 2.05) is 0 Å². The highest BCUT2D eigenvalue weighted by Gasteiger charge is 2.15. The molecule has 0 aliphatic carbocycles. The quantitative estimate of drug-likeness (QED) is 0.456. The Bertz CT molecular complexity index is 1370. The molecule has 0 saturated carbocycles. The first kappa shape index (κ1) is 21.7. The topological polar surface area (TPSA) is 84.4 Å². The number of hydrogen-bond donors (Lipinski definition) is 1. The first-order chi connectivity index (χ1) is 16.6. The van der Waals surface area contributed by atoms with E-state index in [1.165, 1.54) is 24.3 Å². The number of fused-ring (bicyclic) bond motifs is 1. The summed E-state index contributed by atoms with van der Waals surface area (Å²) in [6.07, 6.45) is 1.74. The van der Waals surface area contributed by atoms with Crippen LogP contribution in [0.25, 0.3) is 11.0 Å². The van der Waals surface area contributed by atoms with Gasteiger partial charge in [0, 0.05) is 35.5 Å². The Labute approximate surface area is 195 Å². The van der Waals surface area contributed by atoms with E-state index < -0.39 is 11.7 Å². The summed E-state index contributed by atoms with van der Waals surface area (Å²) in [4.78, 5) is 36.7. The molecule has 1 N–H and O–H groups in total. The Morgan fingerprint density at radius 1 is 0.882 bits per heavy atom. The van der Waals surface area contributed by atoms with Crippen molar-refractivity contribution in [1.82, 2.24) is 9.97 Å². The summed E-state index contributed by atoms with van der Waals surface area (Å²) in [7, 11) is 0. The summed E-state index contributed by atoms with van der Waals surface area (Å²) >= 11 is 0.